The van der Waals surface area contributed by atoms with Gasteiger partial charge < -0.3 is 10.4 Å². The van der Waals surface area contributed by atoms with Crippen molar-refractivity contribution in [1.82, 2.24) is 5.32 Å². The number of aryl methyl sites for hydroxylation is 1. The van der Waals surface area contributed by atoms with Gasteiger partial charge >= 0.3 is 5.97 Å². The zero-order valence-corrected chi connectivity index (χ0v) is 11.9. The maximum Gasteiger partial charge on any atom is 0.305 e. The van der Waals surface area contributed by atoms with Gasteiger partial charge in [0.1, 0.15) is 5.82 Å². The summed E-state index contributed by atoms with van der Waals surface area (Å²) >= 11 is 1.51. The monoisotopic (exact) mass is 293 g/mol. The number of aliphatic carboxylic acids is 1. The Balaban J connectivity index is 2.04. The molecule has 0 radical (unpaired) electrons. The Kier molecular flexibility index (Phi) is 4.87. The molecule has 0 aliphatic heterocycles. The summed E-state index contributed by atoms with van der Waals surface area (Å²) in [7, 11) is 0. The van der Waals surface area contributed by atoms with E-state index in [1.165, 1.54) is 17.4 Å². The van der Waals surface area contributed by atoms with Gasteiger partial charge in [0.15, 0.2) is 0 Å². The predicted molar refractivity (Wildman–Crippen MR) is 77.3 cm³/mol. The zero-order chi connectivity index (χ0) is 14.5. The van der Waals surface area contributed by atoms with Crippen molar-refractivity contribution in [3.63, 3.8) is 0 Å². The van der Waals surface area contributed by atoms with Crippen LogP contribution in [0, 0.1) is 12.7 Å². The fourth-order valence-electron chi connectivity index (χ4n) is 1.92. The smallest absolute Gasteiger partial charge is 0.305 e. The lowest BCUT2D eigenvalue weighted by atomic mass is 10.1. The Morgan fingerprint density at radius 3 is 2.85 bits per heavy atom. The molecule has 1 heterocycles. The van der Waals surface area contributed by atoms with Gasteiger partial charge in [-0.25, -0.2) is 4.39 Å². The maximum absolute atomic E-state index is 13.5. The summed E-state index contributed by atoms with van der Waals surface area (Å²) < 4.78 is 13.5. The molecule has 0 bridgehead atoms. The summed E-state index contributed by atoms with van der Waals surface area (Å²) in [5, 5.41) is 14.1. The minimum absolute atomic E-state index is 0.00879. The fourth-order valence-corrected chi connectivity index (χ4v) is 2.73. The highest BCUT2D eigenvalue weighted by Gasteiger charge is 2.16. The molecule has 20 heavy (non-hydrogen) atoms. The van der Waals surface area contributed by atoms with Crippen LogP contribution in [0.15, 0.2) is 35.7 Å². The Labute approximate surface area is 121 Å². The molecule has 106 valence electrons. The molecule has 2 aromatic rings. The molecule has 2 N–H and O–H groups in total. The number of nitrogens with one attached hydrogen (secondary N) is 1. The van der Waals surface area contributed by atoms with Crippen LogP contribution in [0.3, 0.4) is 0 Å². The highest BCUT2D eigenvalue weighted by molar-refractivity contribution is 7.10. The van der Waals surface area contributed by atoms with Crippen LogP contribution in [0.5, 0.6) is 0 Å². The van der Waals surface area contributed by atoms with Crippen molar-refractivity contribution >= 4 is 17.3 Å². The van der Waals surface area contributed by atoms with E-state index in [0.717, 1.165) is 10.4 Å². The summed E-state index contributed by atoms with van der Waals surface area (Å²) in [6.07, 6.45) is 0.00879. The minimum Gasteiger partial charge on any atom is -0.481 e. The van der Waals surface area contributed by atoms with Crippen LogP contribution in [0.1, 0.15) is 28.5 Å². The molecule has 2 rings (SSSR count). The van der Waals surface area contributed by atoms with Gasteiger partial charge in [0.2, 0.25) is 0 Å². The number of benzene rings is 1. The first-order valence-electron chi connectivity index (χ1n) is 6.30. The number of thiophene rings is 1. The molecule has 0 amide bonds. The van der Waals surface area contributed by atoms with Crippen molar-refractivity contribution in [3.05, 3.63) is 57.5 Å². The first-order chi connectivity index (χ1) is 9.56. The van der Waals surface area contributed by atoms with Gasteiger partial charge in [-0.1, -0.05) is 18.2 Å². The van der Waals surface area contributed by atoms with Gasteiger partial charge in [-0.05, 0) is 35.6 Å². The van der Waals surface area contributed by atoms with Gasteiger partial charge in [0.05, 0.1) is 12.5 Å². The van der Waals surface area contributed by atoms with Gasteiger partial charge in [0, 0.05) is 11.4 Å². The molecule has 0 saturated carbocycles. The largest absolute Gasteiger partial charge is 0.481 e. The number of hydrogen-bond donors (Lipinski definition) is 2. The summed E-state index contributed by atoms with van der Waals surface area (Å²) in [4.78, 5) is 11.9. The Morgan fingerprint density at radius 1 is 1.45 bits per heavy atom. The van der Waals surface area contributed by atoms with E-state index in [1.807, 2.05) is 23.6 Å². The van der Waals surface area contributed by atoms with Gasteiger partial charge in [-0.15, -0.1) is 11.3 Å². The van der Waals surface area contributed by atoms with E-state index in [0.29, 0.717) is 12.1 Å². The van der Waals surface area contributed by atoms with E-state index in [4.69, 9.17) is 5.11 Å². The third-order valence-electron chi connectivity index (χ3n) is 3.05. The van der Waals surface area contributed by atoms with Crippen molar-refractivity contribution in [2.24, 2.45) is 0 Å². The number of carboxylic acid groups (broad SMARTS) is 1. The van der Waals surface area contributed by atoms with E-state index >= 15 is 0 Å². The third kappa shape index (κ3) is 3.88. The lowest BCUT2D eigenvalue weighted by molar-refractivity contribution is -0.137. The number of hydrogen-bond acceptors (Lipinski definition) is 3. The Hall–Kier alpha value is -1.72. The van der Waals surface area contributed by atoms with Crippen LogP contribution in [0.25, 0.3) is 0 Å². The van der Waals surface area contributed by atoms with E-state index in [1.54, 1.807) is 13.0 Å². The maximum atomic E-state index is 13.5. The van der Waals surface area contributed by atoms with Crippen molar-refractivity contribution in [3.8, 4) is 0 Å². The summed E-state index contributed by atoms with van der Waals surface area (Å²) in [5.74, 6) is -1.10. The van der Waals surface area contributed by atoms with E-state index in [2.05, 4.69) is 5.32 Å². The van der Waals surface area contributed by atoms with E-state index in [9.17, 15) is 9.18 Å². The lowest BCUT2D eigenvalue weighted by Crippen LogP contribution is -2.22. The molecular weight excluding hydrogens is 277 g/mol. The molecule has 0 saturated heterocycles. The quantitative estimate of drug-likeness (QED) is 0.857. The van der Waals surface area contributed by atoms with Gasteiger partial charge in [0.25, 0.3) is 0 Å². The fraction of sp³-hybridized carbons (Fsp3) is 0.267. The molecule has 1 aromatic carbocycles. The molecular formula is C15H16FNO2S. The van der Waals surface area contributed by atoms with Crippen molar-refractivity contribution in [2.45, 2.75) is 25.9 Å². The lowest BCUT2D eigenvalue weighted by Gasteiger charge is -2.15. The van der Waals surface area contributed by atoms with E-state index in [-0.39, 0.29) is 18.3 Å². The SMILES string of the molecule is Cc1ccc(CNC(CC(=O)O)c2cccs2)cc1F. The second-order valence-corrected chi connectivity index (χ2v) is 5.61. The van der Waals surface area contributed by atoms with Crippen molar-refractivity contribution in [1.29, 1.82) is 0 Å². The van der Waals surface area contributed by atoms with Crippen LogP contribution in [0.2, 0.25) is 0 Å². The second kappa shape index (κ2) is 6.63. The molecule has 1 atom stereocenters. The number of carboxylic acids is 1. The van der Waals surface area contributed by atoms with E-state index < -0.39 is 5.97 Å². The summed E-state index contributed by atoms with van der Waals surface area (Å²) in [6.45, 7) is 2.15. The normalized spacial score (nSPS) is 12.3. The number of halogens is 1. The molecule has 3 nitrogen and oxygen atoms in total. The standard InChI is InChI=1S/C15H16FNO2S/c1-10-4-5-11(7-12(10)16)9-17-13(8-15(18)19)14-3-2-6-20-14/h2-7,13,17H,8-9H2,1H3,(H,18,19). The Morgan fingerprint density at radius 2 is 2.25 bits per heavy atom. The average Bonchev–Trinajstić information content (AvgIpc) is 2.92. The molecule has 0 aliphatic carbocycles. The highest BCUT2D eigenvalue weighted by atomic mass is 32.1. The molecule has 0 aliphatic rings. The number of carbonyl (C=O) groups is 1. The van der Waals surface area contributed by atoms with Crippen molar-refractivity contribution in [2.75, 3.05) is 0 Å². The van der Waals surface area contributed by atoms with Crippen LogP contribution in [-0.4, -0.2) is 11.1 Å². The highest BCUT2D eigenvalue weighted by Crippen LogP contribution is 2.22. The first-order valence-corrected chi connectivity index (χ1v) is 7.18. The third-order valence-corrected chi connectivity index (χ3v) is 4.04. The van der Waals surface area contributed by atoms with Crippen LogP contribution < -0.4 is 5.32 Å². The topological polar surface area (TPSA) is 49.3 Å². The average molecular weight is 293 g/mol. The minimum atomic E-state index is -0.856. The van der Waals surface area contributed by atoms with Crippen LogP contribution >= 0.6 is 11.3 Å². The molecule has 5 heteroatoms. The zero-order valence-electron chi connectivity index (χ0n) is 11.1. The second-order valence-electron chi connectivity index (χ2n) is 4.63. The molecule has 1 aromatic heterocycles. The molecule has 0 spiro atoms. The first kappa shape index (κ1) is 14.7. The van der Waals surface area contributed by atoms with Gasteiger partial charge in [-0.3, -0.25) is 4.79 Å². The van der Waals surface area contributed by atoms with Crippen LogP contribution in [0.4, 0.5) is 4.39 Å². The summed E-state index contributed by atoms with van der Waals surface area (Å²) in [5.41, 5.74) is 1.41. The number of rotatable bonds is 6. The van der Waals surface area contributed by atoms with Crippen molar-refractivity contribution < 1.29 is 14.3 Å². The molecule has 1 unspecified atom stereocenters. The molecule has 0 fully saturated rings. The Bertz CT molecular complexity index is 584. The van der Waals surface area contributed by atoms with Crippen LogP contribution in [-0.2, 0) is 11.3 Å². The predicted octanol–water partition coefficient (Wildman–Crippen LogP) is 3.50. The van der Waals surface area contributed by atoms with Gasteiger partial charge in [-0.2, -0.15) is 0 Å². The summed E-state index contributed by atoms with van der Waals surface area (Å²) in [6, 6.07) is 8.59.